The Morgan fingerprint density at radius 1 is 0.571 bits per heavy atom. The van der Waals surface area contributed by atoms with Crippen LogP contribution in [0.1, 0.15) is 47.4 Å². The molecule has 2 N–H and O–H groups in total. The van der Waals surface area contributed by atoms with Gasteiger partial charge in [0, 0.05) is 11.4 Å². The Kier molecular flexibility index (Phi) is 10.6. The maximum absolute atomic E-state index is 14.3. The van der Waals surface area contributed by atoms with Crippen LogP contribution in [0.5, 0.6) is 0 Å². The van der Waals surface area contributed by atoms with Crippen molar-refractivity contribution < 1.29 is 63.8 Å². The highest BCUT2D eigenvalue weighted by Gasteiger charge is 2.84. The zero-order valence-electron chi connectivity index (χ0n) is 21.9. The Bertz CT molecular complexity index is 1190. The van der Waals surface area contributed by atoms with Gasteiger partial charge in [-0.25, -0.2) is 9.59 Å². The standard InChI is InChI=1S/C26H24F8N2O6/c1-3-13-41-19(37)15-5-9-17(10-6-15)35-21(39)23(27,28)25(31,32)26(33,34)24(29,30)22(40)36-18-11-7-16(8-12-18)20(38)42-14-4-2/h5-12H,3-4,13-14H2,1-2H3,(H,35,39)(H,36,40). The fourth-order valence-corrected chi connectivity index (χ4v) is 3.03. The van der Waals surface area contributed by atoms with Gasteiger partial charge in [-0.1, -0.05) is 13.8 Å². The smallest absolute Gasteiger partial charge is 0.393 e. The minimum absolute atomic E-state index is 0.0390. The molecule has 16 heteroatoms. The van der Waals surface area contributed by atoms with Gasteiger partial charge in [-0.05, 0) is 61.4 Å². The van der Waals surface area contributed by atoms with Crippen LogP contribution in [0.25, 0.3) is 0 Å². The van der Waals surface area contributed by atoms with Crippen LogP contribution in [0.4, 0.5) is 46.5 Å². The third kappa shape index (κ3) is 6.97. The van der Waals surface area contributed by atoms with E-state index in [2.05, 4.69) is 0 Å². The van der Waals surface area contributed by atoms with Gasteiger partial charge in [0.2, 0.25) is 0 Å². The van der Waals surface area contributed by atoms with Crippen molar-refractivity contribution in [3.05, 3.63) is 59.7 Å². The molecule has 0 aliphatic rings. The lowest BCUT2D eigenvalue weighted by atomic mass is 9.97. The van der Waals surface area contributed by atoms with Crippen LogP contribution in [-0.2, 0) is 19.1 Å². The van der Waals surface area contributed by atoms with Crippen molar-refractivity contribution >= 4 is 35.1 Å². The SMILES string of the molecule is CCCOC(=O)c1ccc(NC(=O)C(F)(F)C(F)(F)C(F)(F)C(F)(F)C(=O)Nc2ccc(C(=O)OCCC)cc2)cc1. The predicted octanol–water partition coefficient (Wildman–Crippen LogP) is 5.94. The molecule has 0 aliphatic heterocycles. The molecule has 0 aromatic heterocycles. The minimum atomic E-state index is -7.10. The van der Waals surface area contributed by atoms with Crippen LogP contribution in [0.2, 0.25) is 0 Å². The van der Waals surface area contributed by atoms with Crippen LogP contribution in [-0.4, -0.2) is 60.7 Å². The van der Waals surface area contributed by atoms with Gasteiger partial charge >= 0.3 is 47.4 Å². The molecular formula is C26H24F8N2O6. The normalized spacial score (nSPS) is 12.3. The topological polar surface area (TPSA) is 111 Å². The molecule has 230 valence electrons. The first-order valence-corrected chi connectivity index (χ1v) is 12.1. The van der Waals surface area contributed by atoms with E-state index in [1.165, 1.54) is 10.6 Å². The second kappa shape index (κ2) is 13.2. The Hall–Kier alpha value is -4.24. The van der Waals surface area contributed by atoms with Crippen molar-refractivity contribution in [1.82, 2.24) is 0 Å². The lowest BCUT2D eigenvalue weighted by Gasteiger charge is -2.35. The largest absolute Gasteiger partial charge is 0.462 e. The van der Waals surface area contributed by atoms with Crippen LogP contribution in [0.15, 0.2) is 48.5 Å². The molecule has 0 unspecified atom stereocenters. The molecule has 2 aromatic rings. The number of ether oxygens (including phenoxy) is 2. The van der Waals surface area contributed by atoms with E-state index >= 15 is 0 Å². The molecule has 8 nitrogen and oxygen atoms in total. The summed E-state index contributed by atoms with van der Waals surface area (Å²) in [6.07, 6.45) is 0.942. The molecule has 0 spiro atoms. The molecule has 0 bridgehead atoms. The number of hydrogen-bond acceptors (Lipinski definition) is 6. The van der Waals surface area contributed by atoms with E-state index in [1.807, 2.05) is 0 Å². The van der Waals surface area contributed by atoms with E-state index < -0.39 is 58.8 Å². The maximum atomic E-state index is 14.3. The van der Waals surface area contributed by atoms with Gasteiger partial charge in [0.05, 0.1) is 24.3 Å². The molecule has 2 amide bonds. The number of esters is 2. The first-order chi connectivity index (χ1) is 19.4. The van der Waals surface area contributed by atoms with Crippen molar-refractivity contribution in [2.75, 3.05) is 23.8 Å². The Balaban J connectivity index is 2.19. The van der Waals surface area contributed by atoms with E-state index in [-0.39, 0.29) is 24.3 Å². The van der Waals surface area contributed by atoms with E-state index in [1.54, 1.807) is 13.8 Å². The number of nitrogens with one attached hydrogen (secondary N) is 2. The summed E-state index contributed by atoms with van der Waals surface area (Å²) in [5, 5.41) is 2.36. The second-order valence-electron chi connectivity index (χ2n) is 8.63. The highest BCUT2D eigenvalue weighted by atomic mass is 19.4. The van der Waals surface area contributed by atoms with E-state index in [0.29, 0.717) is 12.8 Å². The summed E-state index contributed by atoms with van der Waals surface area (Å²) in [6, 6.07) is 6.78. The first-order valence-electron chi connectivity index (χ1n) is 12.1. The van der Waals surface area contributed by atoms with Gasteiger partial charge in [0.25, 0.3) is 0 Å². The number of alkyl halides is 8. The number of amides is 2. The Morgan fingerprint density at radius 3 is 1.12 bits per heavy atom. The highest BCUT2D eigenvalue weighted by molar-refractivity contribution is 6.00. The number of rotatable bonds is 13. The number of halogens is 8. The minimum Gasteiger partial charge on any atom is -0.462 e. The van der Waals surface area contributed by atoms with Gasteiger partial charge < -0.3 is 20.1 Å². The van der Waals surface area contributed by atoms with Gasteiger partial charge in [0.15, 0.2) is 0 Å². The van der Waals surface area contributed by atoms with Gasteiger partial charge in [-0.3, -0.25) is 9.59 Å². The summed E-state index contributed by atoms with van der Waals surface area (Å²) in [5.41, 5.74) is -1.64. The third-order valence-electron chi connectivity index (χ3n) is 5.38. The fourth-order valence-electron chi connectivity index (χ4n) is 3.03. The molecule has 0 aliphatic carbocycles. The van der Waals surface area contributed by atoms with E-state index in [9.17, 15) is 54.3 Å². The van der Waals surface area contributed by atoms with Crippen molar-refractivity contribution in [2.24, 2.45) is 0 Å². The monoisotopic (exact) mass is 612 g/mol. The number of anilines is 2. The molecule has 42 heavy (non-hydrogen) atoms. The van der Waals surface area contributed by atoms with Crippen LogP contribution < -0.4 is 10.6 Å². The van der Waals surface area contributed by atoms with Gasteiger partial charge in [0.1, 0.15) is 0 Å². The average Bonchev–Trinajstić information content (AvgIpc) is 2.94. The summed E-state index contributed by atoms with van der Waals surface area (Å²) in [5.74, 6) is -35.0. The van der Waals surface area contributed by atoms with Crippen molar-refractivity contribution in [3.8, 4) is 0 Å². The fraction of sp³-hybridized carbons (Fsp3) is 0.385. The molecule has 0 saturated carbocycles. The second-order valence-corrected chi connectivity index (χ2v) is 8.63. The maximum Gasteiger partial charge on any atom is 0.393 e. The summed E-state index contributed by atoms with van der Waals surface area (Å²) in [6.45, 7) is 3.47. The quantitative estimate of drug-likeness (QED) is 0.214. The molecule has 0 saturated heterocycles. The van der Waals surface area contributed by atoms with Gasteiger partial charge in [-0.2, -0.15) is 35.1 Å². The lowest BCUT2D eigenvalue weighted by Crippen LogP contribution is -2.67. The molecule has 0 radical (unpaired) electrons. The van der Waals surface area contributed by atoms with Crippen molar-refractivity contribution in [3.63, 3.8) is 0 Å². The van der Waals surface area contributed by atoms with Crippen LogP contribution in [0, 0.1) is 0 Å². The molecule has 2 rings (SSSR count). The predicted molar refractivity (Wildman–Crippen MR) is 131 cm³/mol. The molecule has 2 aromatic carbocycles. The zero-order valence-corrected chi connectivity index (χ0v) is 21.9. The Morgan fingerprint density at radius 2 is 0.857 bits per heavy atom. The number of benzene rings is 2. The summed E-state index contributed by atoms with van der Waals surface area (Å²) >= 11 is 0. The van der Waals surface area contributed by atoms with Crippen LogP contribution in [0.3, 0.4) is 0 Å². The molecular weight excluding hydrogens is 588 g/mol. The van der Waals surface area contributed by atoms with Gasteiger partial charge in [-0.15, -0.1) is 0 Å². The number of hydrogen-bond donors (Lipinski definition) is 2. The molecule has 0 atom stereocenters. The summed E-state index contributed by atoms with van der Waals surface area (Å²) in [7, 11) is 0. The molecule has 0 heterocycles. The number of carbonyl (C=O) groups is 4. The highest BCUT2D eigenvalue weighted by Crippen LogP contribution is 2.53. The van der Waals surface area contributed by atoms with E-state index in [0.717, 1.165) is 48.5 Å². The average molecular weight is 612 g/mol. The summed E-state index contributed by atoms with van der Waals surface area (Å²) in [4.78, 5) is 47.2. The number of carbonyl (C=O) groups excluding carboxylic acids is 4. The summed E-state index contributed by atoms with van der Waals surface area (Å²) < 4.78 is 124. The zero-order chi connectivity index (χ0) is 31.9. The van der Waals surface area contributed by atoms with Crippen molar-refractivity contribution in [2.45, 2.75) is 50.4 Å². The third-order valence-corrected chi connectivity index (χ3v) is 5.38. The van der Waals surface area contributed by atoms with Crippen LogP contribution >= 0.6 is 0 Å². The van der Waals surface area contributed by atoms with E-state index in [4.69, 9.17) is 9.47 Å². The first kappa shape index (κ1) is 34.0. The lowest BCUT2D eigenvalue weighted by molar-refractivity contribution is -0.345. The Labute approximate surface area is 233 Å². The molecule has 0 fully saturated rings. The van der Waals surface area contributed by atoms with Crippen molar-refractivity contribution in [1.29, 1.82) is 0 Å².